The molecule has 2 unspecified atom stereocenters. The molecule has 2 aromatic rings. The summed E-state index contributed by atoms with van der Waals surface area (Å²) in [5, 5.41) is -0.256. The fourth-order valence-corrected chi connectivity index (χ4v) is 8.68. The maximum absolute atomic E-state index is 14.8. The Morgan fingerprint density at radius 3 is 1.91 bits per heavy atom. The highest BCUT2D eigenvalue weighted by Gasteiger charge is 2.76. The van der Waals surface area contributed by atoms with Crippen LogP contribution in [-0.4, -0.2) is 63.8 Å². The number of carbonyl (C=O) groups excluding carboxylic acids is 3. The molecule has 1 saturated heterocycles. The lowest BCUT2D eigenvalue weighted by Gasteiger charge is -2.44. The van der Waals surface area contributed by atoms with Crippen molar-refractivity contribution >= 4 is 46.4 Å². The highest BCUT2D eigenvalue weighted by atomic mass is 28.4. The van der Waals surface area contributed by atoms with Crippen molar-refractivity contribution in [1.29, 1.82) is 0 Å². The van der Waals surface area contributed by atoms with Crippen LogP contribution in [0, 0.1) is 17.8 Å². The molecule has 2 aliphatic heterocycles. The maximum atomic E-state index is 14.8. The van der Waals surface area contributed by atoms with Crippen LogP contribution in [0.1, 0.15) is 47.1 Å². The lowest BCUT2D eigenvalue weighted by molar-refractivity contribution is -0.140. The number of hydrogen-bond acceptors (Lipinski definition) is 6. The van der Waals surface area contributed by atoms with Gasteiger partial charge in [0.05, 0.1) is 36.5 Å². The van der Waals surface area contributed by atoms with E-state index in [1.807, 2.05) is 48.5 Å². The van der Waals surface area contributed by atoms with Crippen LogP contribution in [0.15, 0.2) is 65.7 Å². The monoisotopic (exact) mass is 647 g/mol. The van der Waals surface area contributed by atoms with Gasteiger partial charge in [-0.2, -0.15) is 0 Å². The average molecular weight is 648 g/mol. The first kappa shape index (κ1) is 33.4. The Balaban J connectivity index is 1.65. The van der Waals surface area contributed by atoms with Crippen LogP contribution in [-0.2, 0) is 29.8 Å². The number of benzene rings is 2. The van der Waals surface area contributed by atoms with Gasteiger partial charge < -0.3 is 8.85 Å². The highest BCUT2D eigenvalue weighted by Crippen LogP contribution is 2.57. The molecule has 1 spiro atoms. The van der Waals surface area contributed by atoms with Crippen LogP contribution in [0.25, 0.3) is 0 Å². The van der Waals surface area contributed by atoms with Gasteiger partial charge in [-0.25, -0.2) is 4.90 Å². The van der Waals surface area contributed by atoms with Gasteiger partial charge in [-0.3, -0.25) is 24.3 Å². The molecule has 1 saturated carbocycles. The van der Waals surface area contributed by atoms with E-state index in [-0.39, 0.29) is 28.5 Å². The first-order valence-electron chi connectivity index (χ1n) is 16.0. The summed E-state index contributed by atoms with van der Waals surface area (Å²) in [7, 11) is -4.82. The van der Waals surface area contributed by atoms with Crippen LogP contribution >= 0.6 is 0 Å². The zero-order valence-electron chi connectivity index (χ0n) is 28.5. The van der Waals surface area contributed by atoms with Crippen molar-refractivity contribution < 1.29 is 23.2 Å². The van der Waals surface area contributed by atoms with E-state index in [1.54, 1.807) is 23.4 Å². The van der Waals surface area contributed by atoms with Crippen LogP contribution in [0.4, 0.5) is 5.69 Å². The van der Waals surface area contributed by atoms with E-state index in [0.29, 0.717) is 12.2 Å². The first-order valence-corrected chi connectivity index (χ1v) is 21.8. The van der Waals surface area contributed by atoms with Gasteiger partial charge in [0.2, 0.25) is 11.8 Å². The number of para-hydroxylation sites is 1. The molecule has 0 radical (unpaired) electrons. The molecule has 5 atom stereocenters. The van der Waals surface area contributed by atoms with Crippen LogP contribution in [0.3, 0.4) is 0 Å². The fourth-order valence-electron chi connectivity index (χ4n) is 6.30. The van der Waals surface area contributed by atoms with Crippen LogP contribution in [0.5, 0.6) is 0 Å². The number of aliphatic imine (C=N–C) groups is 1. The maximum Gasteiger partial charge on any atom is 0.259 e. The first-order chi connectivity index (χ1) is 20.8. The highest BCUT2D eigenvalue weighted by molar-refractivity contribution is 6.74. The average Bonchev–Trinajstić information content (AvgIpc) is 3.51. The Kier molecular flexibility index (Phi) is 8.47. The molecule has 10 heteroatoms. The molecule has 0 N–H and O–H groups in total. The summed E-state index contributed by atoms with van der Waals surface area (Å²) in [4.78, 5) is 51.7. The summed E-state index contributed by atoms with van der Waals surface area (Å²) < 4.78 is 14.0. The van der Waals surface area contributed by atoms with E-state index in [0.717, 1.165) is 5.56 Å². The zero-order valence-corrected chi connectivity index (χ0v) is 30.5. The van der Waals surface area contributed by atoms with E-state index >= 15 is 0 Å². The lowest BCUT2D eigenvalue weighted by Crippen LogP contribution is -2.59. The molecule has 0 bridgehead atoms. The number of amides is 3. The van der Waals surface area contributed by atoms with Gasteiger partial charge in [-0.15, -0.1) is 0 Å². The number of rotatable bonds is 8. The molecular formula is C35H49N3O5Si2. The predicted octanol–water partition coefficient (Wildman–Crippen LogP) is 6.64. The molecule has 0 aromatic heterocycles. The van der Waals surface area contributed by atoms with Crippen molar-refractivity contribution in [3.05, 3.63) is 66.2 Å². The van der Waals surface area contributed by atoms with E-state index in [2.05, 4.69) is 67.7 Å². The van der Waals surface area contributed by atoms with E-state index < -0.39 is 51.9 Å². The second kappa shape index (κ2) is 11.4. The van der Waals surface area contributed by atoms with Crippen LogP contribution in [0.2, 0.25) is 36.3 Å². The normalized spacial score (nSPS) is 27.3. The predicted molar refractivity (Wildman–Crippen MR) is 183 cm³/mol. The van der Waals surface area contributed by atoms with Gasteiger partial charge in [0.25, 0.3) is 5.91 Å². The number of imide groups is 1. The third-order valence-corrected chi connectivity index (χ3v) is 20.0. The molecule has 5 rings (SSSR count). The van der Waals surface area contributed by atoms with E-state index in [1.165, 1.54) is 4.90 Å². The smallest absolute Gasteiger partial charge is 0.259 e. The fraction of sp³-hybridized carbons (Fsp3) is 0.543. The Labute approximate surface area is 270 Å². The second-order valence-electron chi connectivity index (χ2n) is 15.9. The minimum atomic E-state index is -2.54. The molecule has 3 aliphatic rings. The molecule has 2 heterocycles. The Hall–Kier alpha value is -2.93. The SMILES string of the molecule is CC(C)(C)[Si](C)(C)OC[C@@H]1C2C(=O)N(c3ccccc3)C(=O)C2[C@]2(N=CN(Cc3ccccc3)C2=O)[C@H]1O[Si](C)(C)C(C)(C)C. The van der Waals surface area contributed by atoms with Crippen molar-refractivity contribution in [3.8, 4) is 0 Å². The van der Waals surface area contributed by atoms with Gasteiger partial charge in [0.1, 0.15) is 0 Å². The Morgan fingerprint density at radius 1 is 0.800 bits per heavy atom. The Morgan fingerprint density at radius 2 is 1.36 bits per heavy atom. The minimum Gasteiger partial charge on any atom is -0.416 e. The molecule has 2 fully saturated rings. The third-order valence-electron chi connectivity index (χ3n) is 11.0. The van der Waals surface area contributed by atoms with E-state index in [9.17, 15) is 14.4 Å². The second-order valence-corrected chi connectivity index (χ2v) is 25.4. The number of hydrogen-bond donors (Lipinski definition) is 0. The number of anilines is 1. The summed E-state index contributed by atoms with van der Waals surface area (Å²) in [5.74, 6) is -3.36. The third kappa shape index (κ3) is 5.57. The molecule has 2 aromatic carbocycles. The molecule has 1 aliphatic carbocycles. The van der Waals surface area contributed by atoms with Crippen molar-refractivity contribution in [1.82, 2.24) is 4.90 Å². The molecular weight excluding hydrogens is 599 g/mol. The minimum absolute atomic E-state index is 0.0716. The van der Waals surface area contributed by atoms with Crippen molar-refractivity contribution in [2.24, 2.45) is 22.7 Å². The molecule has 242 valence electrons. The van der Waals surface area contributed by atoms with Gasteiger partial charge in [0, 0.05) is 12.5 Å². The van der Waals surface area contributed by atoms with Crippen LogP contribution < -0.4 is 4.90 Å². The molecule has 8 nitrogen and oxygen atoms in total. The summed E-state index contributed by atoms with van der Waals surface area (Å²) >= 11 is 0. The van der Waals surface area contributed by atoms with Gasteiger partial charge in [-0.1, -0.05) is 90.1 Å². The standard InChI is InChI=1S/C35H49N3O5Si2/c1-33(2,3)44(7,8)42-22-26-27-28(31(40)38(30(27)39)25-19-15-12-16-20-25)35(29(26)43-45(9,10)34(4,5)6)32(41)37(23-36-35)21-24-17-13-11-14-18-24/h11-20,23,26-29H,21-22H2,1-10H3/t26-,27?,28?,29+,35+/m1/s1. The Bertz CT molecular complexity index is 1480. The molecule has 3 amide bonds. The largest absolute Gasteiger partial charge is 0.416 e. The van der Waals surface area contributed by atoms with E-state index in [4.69, 9.17) is 13.8 Å². The quantitative estimate of drug-likeness (QED) is 0.237. The molecule has 45 heavy (non-hydrogen) atoms. The number of carbonyl (C=O) groups is 3. The van der Waals surface area contributed by atoms with Gasteiger partial charge in [-0.05, 0) is 54.0 Å². The summed E-state index contributed by atoms with van der Waals surface area (Å²) in [6.07, 6.45) is 0.766. The van der Waals surface area contributed by atoms with Crippen molar-refractivity contribution in [2.45, 2.75) is 96.0 Å². The number of nitrogens with zero attached hydrogens (tertiary/aromatic N) is 3. The topological polar surface area (TPSA) is 88.5 Å². The van der Waals surface area contributed by atoms with Crippen molar-refractivity contribution in [2.75, 3.05) is 11.5 Å². The summed E-state index contributed by atoms with van der Waals surface area (Å²) in [6, 6.07) is 18.7. The lowest BCUT2D eigenvalue weighted by atomic mass is 9.83. The summed E-state index contributed by atoms with van der Waals surface area (Å²) in [5.41, 5.74) is -0.131. The van der Waals surface area contributed by atoms with Crippen molar-refractivity contribution in [3.63, 3.8) is 0 Å². The zero-order chi connectivity index (χ0) is 33.2. The summed E-state index contributed by atoms with van der Waals surface area (Å²) in [6.45, 7) is 22.1. The van der Waals surface area contributed by atoms with Gasteiger partial charge in [0.15, 0.2) is 22.2 Å². The number of fused-ring (bicyclic) bond motifs is 2. The van der Waals surface area contributed by atoms with Gasteiger partial charge >= 0.3 is 0 Å².